The van der Waals surface area contributed by atoms with Crippen LogP contribution in [0.1, 0.15) is 43.0 Å². The van der Waals surface area contributed by atoms with E-state index in [-0.39, 0.29) is 31.3 Å². The Morgan fingerprint density at radius 3 is 2.52 bits per heavy atom. The fourth-order valence-electron chi connectivity index (χ4n) is 2.80. The van der Waals surface area contributed by atoms with Gasteiger partial charge in [-0.3, -0.25) is 9.78 Å². The van der Waals surface area contributed by atoms with E-state index in [9.17, 15) is 13.2 Å². The average Bonchev–Trinajstić information content (AvgIpc) is 2.60. The van der Waals surface area contributed by atoms with Crippen molar-refractivity contribution in [3.8, 4) is 0 Å². The number of hydrogen-bond acceptors (Lipinski definition) is 4. The van der Waals surface area contributed by atoms with Crippen LogP contribution in [0.2, 0.25) is 0 Å². The van der Waals surface area contributed by atoms with Gasteiger partial charge < -0.3 is 5.32 Å². The van der Waals surface area contributed by atoms with Gasteiger partial charge >= 0.3 is 0 Å². The SMILES string of the molecule is Cc1cccc(C(C)C)c1NC(=O)CCN(Cc1ccccn1)S(C)(=O)=O. The number of hydrogen-bond donors (Lipinski definition) is 1. The molecular weight excluding hydrogens is 362 g/mol. The maximum absolute atomic E-state index is 12.5. The maximum atomic E-state index is 12.5. The van der Waals surface area contributed by atoms with Crippen LogP contribution in [0, 0.1) is 6.92 Å². The molecule has 0 unspecified atom stereocenters. The van der Waals surface area contributed by atoms with Crippen molar-refractivity contribution in [3.05, 3.63) is 59.4 Å². The predicted molar refractivity (Wildman–Crippen MR) is 108 cm³/mol. The molecule has 0 atom stereocenters. The Balaban J connectivity index is 2.06. The lowest BCUT2D eigenvalue weighted by Gasteiger charge is -2.20. The average molecular weight is 390 g/mol. The minimum Gasteiger partial charge on any atom is -0.326 e. The summed E-state index contributed by atoms with van der Waals surface area (Å²) < 4.78 is 25.4. The van der Waals surface area contributed by atoms with E-state index < -0.39 is 10.0 Å². The molecule has 1 amide bonds. The summed E-state index contributed by atoms with van der Waals surface area (Å²) in [6.45, 7) is 6.34. The van der Waals surface area contributed by atoms with Crippen molar-refractivity contribution in [3.63, 3.8) is 0 Å². The number of benzene rings is 1. The predicted octanol–water partition coefficient (Wildman–Crippen LogP) is 3.30. The van der Waals surface area contributed by atoms with Gasteiger partial charge in [0.05, 0.1) is 18.5 Å². The molecule has 1 N–H and O–H groups in total. The summed E-state index contributed by atoms with van der Waals surface area (Å²) in [5.41, 5.74) is 3.51. The lowest BCUT2D eigenvalue weighted by molar-refractivity contribution is -0.116. The van der Waals surface area contributed by atoms with E-state index in [1.807, 2.05) is 25.1 Å². The van der Waals surface area contributed by atoms with Crippen LogP contribution in [-0.4, -0.2) is 36.4 Å². The first-order chi connectivity index (χ1) is 12.7. The molecule has 0 bridgehead atoms. The Morgan fingerprint density at radius 2 is 1.93 bits per heavy atom. The Labute approximate surface area is 161 Å². The molecule has 2 aromatic rings. The second-order valence-electron chi connectivity index (χ2n) is 6.91. The minimum absolute atomic E-state index is 0.0752. The van der Waals surface area contributed by atoms with Gasteiger partial charge in [0.2, 0.25) is 15.9 Å². The number of nitrogens with one attached hydrogen (secondary N) is 1. The van der Waals surface area contributed by atoms with Gasteiger partial charge in [0.15, 0.2) is 0 Å². The minimum atomic E-state index is -3.45. The van der Waals surface area contributed by atoms with Crippen LogP contribution in [0.25, 0.3) is 0 Å². The van der Waals surface area contributed by atoms with Crippen molar-refractivity contribution in [2.24, 2.45) is 0 Å². The van der Waals surface area contributed by atoms with Gasteiger partial charge in [0, 0.05) is 24.8 Å². The molecule has 0 aliphatic rings. The fraction of sp³-hybridized carbons (Fsp3) is 0.400. The van der Waals surface area contributed by atoms with E-state index in [0.717, 1.165) is 23.1 Å². The van der Waals surface area contributed by atoms with Gasteiger partial charge in [-0.25, -0.2) is 8.42 Å². The van der Waals surface area contributed by atoms with Crippen molar-refractivity contribution in [1.29, 1.82) is 0 Å². The third-order valence-corrected chi connectivity index (χ3v) is 5.56. The van der Waals surface area contributed by atoms with Crippen LogP contribution < -0.4 is 5.32 Å². The molecule has 0 saturated carbocycles. The molecule has 0 aliphatic heterocycles. The zero-order valence-corrected chi connectivity index (χ0v) is 17.1. The van der Waals surface area contributed by atoms with Gasteiger partial charge in [-0.1, -0.05) is 38.1 Å². The van der Waals surface area contributed by atoms with Crippen LogP contribution in [0.5, 0.6) is 0 Å². The first kappa shape index (κ1) is 21.1. The number of para-hydroxylation sites is 1. The van der Waals surface area contributed by atoms with Gasteiger partial charge in [-0.2, -0.15) is 4.31 Å². The highest BCUT2D eigenvalue weighted by molar-refractivity contribution is 7.88. The van der Waals surface area contributed by atoms with Gasteiger partial charge in [0.25, 0.3) is 0 Å². The van der Waals surface area contributed by atoms with Crippen LogP contribution in [0.4, 0.5) is 5.69 Å². The Kier molecular flexibility index (Phi) is 7.10. The quantitative estimate of drug-likeness (QED) is 0.751. The van der Waals surface area contributed by atoms with Crippen LogP contribution in [-0.2, 0) is 21.4 Å². The van der Waals surface area contributed by atoms with Gasteiger partial charge in [0.1, 0.15) is 0 Å². The van der Waals surface area contributed by atoms with E-state index in [0.29, 0.717) is 5.69 Å². The topological polar surface area (TPSA) is 79.4 Å². The van der Waals surface area contributed by atoms with E-state index in [4.69, 9.17) is 0 Å². The summed E-state index contributed by atoms with van der Waals surface area (Å²) in [6, 6.07) is 11.3. The molecule has 2 rings (SSSR count). The number of nitrogens with zero attached hydrogens (tertiary/aromatic N) is 2. The molecule has 0 fully saturated rings. The van der Waals surface area contributed by atoms with Crippen LogP contribution in [0.15, 0.2) is 42.6 Å². The van der Waals surface area contributed by atoms with Crippen LogP contribution >= 0.6 is 0 Å². The van der Waals surface area contributed by atoms with Gasteiger partial charge in [-0.15, -0.1) is 0 Å². The second-order valence-corrected chi connectivity index (χ2v) is 8.89. The van der Waals surface area contributed by atoms with Crippen LogP contribution in [0.3, 0.4) is 0 Å². The highest BCUT2D eigenvalue weighted by Crippen LogP contribution is 2.27. The van der Waals surface area contributed by atoms with Gasteiger partial charge in [-0.05, 0) is 36.1 Å². The number of amides is 1. The highest BCUT2D eigenvalue weighted by atomic mass is 32.2. The van der Waals surface area contributed by atoms with E-state index >= 15 is 0 Å². The number of aryl methyl sites for hydroxylation is 1. The van der Waals surface area contributed by atoms with Crippen molar-refractivity contribution < 1.29 is 13.2 Å². The summed E-state index contributed by atoms with van der Waals surface area (Å²) in [5.74, 6) is 0.0674. The molecule has 27 heavy (non-hydrogen) atoms. The summed E-state index contributed by atoms with van der Waals surface area (Å²) in [4.78, 5) is 16.6. The number of anilines is 1. The fourth-order valence-corrected chi connectivity index (χ4v) is 3.59. The Morgan fingerprint density at radius 1 is 1.19 bits per heavy atom. The largest absolute Gasteiger partial charge is 0.326 e. The molecule has 146 valence electrons. The number of rotatable bonds is 8. The Hall–Kier alpha value is -2.25. The molecule has 0 aliphatic carbocycles. The number of carbonyl (C=O) groups is 1. The maximum Gasteiger partial charge on any atom is 0.225 e. The molecular formula is C20H27N3O3S. The van der Waals surface area contributed by atoms with E-state index in [1.165, 1.54) is 4.31 Å². The number of sulfonamides is 1. The first-order valence-electron chi connectivity index (χ1n) is 8.93. The first-order valence-corrected chi connectivity index (χ1v) is 10.8. The standard InChI is InChI=1S/C20H27N3O3S/c1-15(2)18-10-7-8-16(3)20(18)22-19(24)11-13-23(27(4,25)26)14-17-9-5-6-12-21-17/h5-10,12,15H,11,13-14H2,1-4H3,(H,22,24). The molecule has 1 heterocycles. The lowest BCUT2D eigenvalue weighted by Crippen LogP contribution is -2.33. The third-order valence-electron chi connectivity index (χ3n) is 4.31. The van der Waals surface area contributed by atoms with Crippen molar-refractivity contribution in [2.45, 2.75) is 39.7 Å². The molecule has 0 radical (unpaired) electrons. The molecule has 0 spiro atoms. The van der Waals surface area contributed by atoms with Crippen molar-refractivity contribution in [2.75, 3.05) is 18.1 Å². The summed E-state index contributed by atoms with van der Waals surface area (Å²) >= 11 is 0. The Bertz CT molecular complexity index is 881. The smallest absolute Gasteiger partial charge is 0.225 e. The number of pyridine rings is 1. The normalized spacial score (nSPS) is 11.8. The number of aromatic nitrogens is 1. The van der Waals surface area contributed by atoms with E-state index in [2.05, 4.69) is 24.1 Å². The second kappa shape index (κ2) is 9.10. The van der Waals surface area contributed by atoms with Crippen molar-refractivity contribution in [1.82, 2.24) is 9.29 Å². The lowest BCUT2D eigenvalue weighted by atomic mass is 9.98. The zero-order valence-electron chi connectivity index (χ0n) is 16.3. The summed E-state index contributed by atoms with van der Waals surface area (Å²) in [5, 5.41) is 2.95. The molecule has 0 saturated heterocycles. The summed E-state index contributed by atoms with van der Waals surface area (Å²) in [6.07, 6.45) is 2.84. The molecule has 1 aromatic heterocycles. The number of carbonyl (C=O) groups excluding carboxylic acids is 1. The van der Waals surface area contributed by atoms with Crippen molar-refractivity contribution >= 4 is 21.6 Å². The molecule has 6 nitrogen and oxygen atoms in total. The highest BCUT2D eigenvalue weighted by Gasteiger charge is 2.19. The molecule has 1 aromatic carbocycles. The monoisotopic (exact) mass is 389 g/mol. The molecule has 7 heteroatoms. The summed E-state index contributed by atoms with van der Waals surface area (Å²) in [7, 11) is -3.45. The zero-order chi connectivity index (χ0) is 20.0. The third kappa shape index (κ3) is 6.15. The van der Waals surface area contributed by atoms with E-state index in [1.54, 1.807) is 24.4 Å².